The van der Waals surface area contributed by atoms with E-state index in [1.54, 1.807) is 23.6 Å². The number of benzene rings is 2. The van der Waals surface area contributed by atoms with E-state index >= 15 is 0 Å². The van der Waals surface area contributed by atoms with E-state index < -0.39 is 23.4 Å². The minimum Gasteiger partial charge on any atom is -0.307 e. The number of halogens is 3. The molecule has 1 aromatic heterocycles. The molecular formula is C19H16F3N3OS. The van der Waals surface area contributed by atoms with Crippen molar-refractivity contribution in [2.45, 2.75) is 12.1 Å². The average molecular weight is 391 g/mol. The van der Waals surface area contributed by atoms with E-state index in [1.807, 2.05) is 6.26 Å². The molecule has 0 spiro atoms. The Kier molecular flexibility index (Phi) is 5.55. The topological polar surface area (TPSA) is 38.1 Å². The van der Waals surface area contributed by atoms with Crippen molar-refractivity contribution in [3.8, 4) is 5.69 Å². The van der Waals surface area contributed by atoms with Gasteiger partial charge in [-0.05, 0) is 49.6 Å². The third-order valence-electron chi connectivity index (χ3n) is 3.99. The van der Waals surface area contributed by atoms with Gasteiger partial charge in [0.25, 0.3) is 5.91 Å². The summed E-state index contributed by atoms with van der Waals surface area (Å²) < 4.78 is 41.7. The smallest absolute Gasteiger partial charge is 0.276 e. The van der Waals surface area contributed by atoms with Crippen LogP contribution >= 0.6 is 11.8 Å². The maximum Gasteiger partial charge on any atom is 0.276 e. The first-order valence-electron chi connectivity index (χ1n) is 8.10. The van der Waals surface area contributed by atoms with E-state index in [4.69, 9.17) is 0 Å². The Morgan fingerprint density at radius 3 is 2.41 bits per heavy atom. The third-order valence-corrected chi connectivity index (χ3v) is 4.65. The molecule has 1 amide bonds. The summed E-state index contributed by atoms with van der Waals surface area (Å²) in [4.78, 5) is 18.7. The van der Waals surface area contributed by atoms with Gasteiger partial charge in [0, 0.05) is 24.0 Å². The Labute approximate surface area is 158 Å². The van der Waals surface area contributed by atoms with Crippen molar-refractivity contribution in [2.75, 3.05) is 17.7 Å². The van der Waals surface area contributed by atoms with Gasteiger partial charge in [0.2, 0.25) is 0 Å². The molecule has 0 aliphatic heterocycles. The second-order valence-corrected chi connectivity index (χ2v) is 6.36. The fourth-order valence-corrected chi connectivity index (χ4v) is 3.25. The van der Waals surface area contributed by atoms with Crippen molar-refractivity contribution < 1.29 is 18.0 Å². The summed E-state index contributed by atoms with van der Waals surface area (Å²) in [5, 5.41) is 0.547. The van der Waals surface area contributed by atoms with Gasteiger partial charge in [-0.3, -0.25) is 9.36 Å². The lowest BCUT2D eigenvalue weighted by Gasteiger charge is -2.22. The van der Waals surface area contributed by atoms with Crippen LogP contribution < -0.4 is 4.90 Å². The largest absolute Gasteiger partial charge is 0.307 e. The number of aromatic nitrogens is 2. The molecule has 0 aliphatic carbocycles. The summed E-state index contributed by atoms with van der Waals surface area (Å²) in [6, 6.07) is 8.97. The Morgan fingerprint density at radius 1 is 1.11 bits per heavy atom. The van der Waals surface area contributed by atoms with Gasteiger partial charge in [-0.25, -0.2) is 18.2 Å². The third kappa shape index (κ3) is 3.71. The van der Waals surface area contributed by atoms with Crippen LogP contribution in [0.5, 0.6) is 0 Å². The van der Waals surface area contributed by atoms with Gasteiger partial charge in [-0.15, -0.1) is 0 Å². The van der Waals surface area contributed by atoms with Crippen molar-refractivity contribution >= 4 is 23.4 Å². The summed E-state index contributed by atoms with van der Waals surface area (Å²) in [6.07, 6.45) is 3.23. The Bertz CT molecular complexity index is 973. The molecule has 27 heavy (non-hydrogen) atoms. The SMILES string of the molecule is CCN(C(=O)c1cnc(SC)n1-c1ccc(F)cc1)c1ccc(F)c(F)c1. The lowest BCUT2D eigenvalue weighted by atomic mass is 10.2. The highest BCUT2D eigenvalue weighted by atomic mass is 32.2. The first-order chi connectivity index (χ1) is 13.0. The molecule has 4 nitrogen and oxygen atoms in total. The number of amides is 1. The van der Waals surface area contributed by atoms with E-state index in [0.717, 1.165) is 12.1 Å². The molecule has 0 saturated carbocycles. The van der Waals surface area contributed by atoms with E-state index in [9.17, 15) is 18.0 Å². The van der Waals surface area contributed by atoms with Crippen LogP contribution in [-0.2, 0) is 0 Å². The number of imidazole rings is 1. The lowest BCUT2D eigenvalue weighted by Crippen LogP contribution is -2.32. The molecule has 0 N–H and O–H groups in total. The van der Waals surface area contributed by atoms with Crippen molar-refractivity contribution in [1.82, 2.24) is 9.55 Å². The summed E-state index contributed by atoms with van der Waals surface area (Å²) in [7, 11) is 0. The summed E-state index contributed by atoms with van der Waals surface area (Å²) in [6.45, 7) is 1.97. The van der Waals surface area contributed by atoms with Crippen LogP contribution in [0.2, 0.25) is 0 Å². The second-order valence-electron chi connectivity index (χ2n) is 5.59. The maximum absolute atomic E-state index is 13.6. The zero-order chi connectivity index (χ0) is 19.6. The molecule has 0 atom stereocenters. The van der Waals surface area contributed by atoms with Crippen LogP contribution in [0, 0.1) is 17.5 Å². The predicted molar refractivity (Wildman–Crippen MR) is 99.0 cm³/mol. The molecular weight excluding hydrogens is 375 g/mol. The molecule has 0 saturated heterocycles. The zero-order valence-electron chi connectivity index (χ0n) is 14.6. The molecule has 0 fully saturated rings. The average Bonchev–Trinajstić information content (AvgIpc) is 3.09. The molecule has 0 unspecified atom stereocenters. The number of rotatable bonds is 5. The van der Waals surface area contributed by atoms with Crippen LogP contribution in [0.25, 0.3) is 5.69 Å². The molecule has 3 aromatic rings. The standard InChI is InChI=1S/C19H16F3N3OS/c1-3-24(14-8-9-15(21)16(22)10-14)18(26)17-11-23-19(27-2)25(17)13-6-4-12(20)5-7-13/h4-11H,3H2,1-2H3. The fourth-order valence-electron chi connectivity index (χ4n) is 2.70. The molecule has 140 valence electrons. The first-order valence-corrected chi connectivity index (χ1v) is 9.33. The van der Waals surface area contributed by atoms with Gasteiger partial charge in [-0.1, -0.05) is 11.8 Å². The van der Waals surface area contributed by atoms with Crippen LogP contribution in [0.15, 0.2) is 53.8 Å². The molecule has 0 aliphatic rings. The fraction of sp³-hybridized carbons (Fsp3) is 0.158. The van der Waals surface area contributed by atoms with Gasteiger partial charge >= 0.3 is 0 Å². The second kappa shape index (κ2) is 7.87. The number of anilines is 1. The summed E-state index contributed by atoms with van der Waals surface area (Å²) >= 11 is 1.33. The first kappa shape index (κ1) is 19.0. The van der Waals surface area contributed by atoms with Crippen molar-refractivity contribution in [2.24, 2.45) is 0 Å². The predicted octanol–water partition coefficient (Wildman–Crippen LogP) is 4.68. The van der Waals surface area contributed by atoms with Gasteiger partial charge < -0.3 is 4.90 Å². The minimum absolute atomic E-state index is 0.234. The van der Waals surface area contributed by atoms with Gasteiger partial charge in [0.1, 0.15) is 11.5 Å². The Balaban J connectivity index is 2.06. The minimum atomic E-state index is -1.03. The Morgan fingerprint density at radius 2 is 1.81 bits per heavy atom. The van der Waals surface area contributed by atoms with Crippen molar-refractivity contribution in [1.29, 1.82) is 0 Å². The van der Waals surface area contributed by atoms with Crippen LogP contribution in [0.4, 0.5) is 18.9 Å². The van der Waals surface area contributed by atoms with Crippen LogP contribution in [-0.4, -0.2) is 28.3 Å². The monoisotopic (exact) mass is 391 g/mol. The number of nitrogens with zero attached hydrogens (tertiary/aromatic N) is 3. The molecule has 2 aromatic carbocycles. The molecule has 0 bridgehead atoms. The molecule has 1 heterocycles. The molecule has 0 radical (unpaired) electrons. The number of carbonyl (C=O) groups excluding carboxylic acids is 1. The van der Waals surface area contributed by atoms with Gasteiger partial charge in [0.15, 0.2) is 16.8 Å². The zero-order valence-corrected chi connectivity index (χ0v) is 15.4. The molecule has 3 rings (SSSR count). The number of hydrogen-bond acceptors (Lipinski definition) is 3. The number of hydrogen-bond donors (Lipinski definition) is 0. The van der Waals surface area contributed by atoms with E-state index in [-0.39, 0.29) is 17.9 Å². The number of carbonyl (C=O) groups is 1. The summed E-state index contributed by atoms with van der Waals surface area (Å²) in [5.74, 6) is -2.84. The van der Waals surface area contributed by atoms with Crippen molar-refractivity contribution in [3.63, 3.8) is 0 Å². The van der Waals surface area contributed by atoms with Gasteiger partial charge in [0.05, 0.1) is 6.20 Å². The van der Waals surface area contributed by atoms with Gasteiger partial charge in [-0.2, -0.15) is 0 Å². The van der Waals surface area contributed by atoms with E-state index in [0.29, 0.717) is 10.8 Å². The quantitative estimate of drug-likeness (QED) is 0.593. The van der Waals surface area contributed by atoms with Crippen molar-refractivity contribution in [3.05, 3.63) is 71.8 Å². The highest BCUT2D eigenvalue weighted by Crippen LogP contribution is 2.25. The lowest BCUT2D eigenvalue weighted by molar-refractivity contribution is 0.0981. The van der Waals surface area contributed by atoms with E-state index in [1.165, 1.54) is 41.1 Å². The highest BCUT2D eigenvalue weighted by molar-refractivity contribution is 7.98. The Hall–Kier alpha value is -2.74. The van der Waals surface area contributed by atoms with Crippen LogP contribution in [0.1, 0.15) is 17.4 Å². The highest BCUT2D eigenvalue weighted by Gasteiger charge is 2.24. The molecule has 8 heteroatoms. The van der Waals surface area contributed by atoms with E-state index in [2.05, 4.69) is 4.98 Å². The van der Waals surface area contributed by atoms with Crippen LogP contribution in [0.3, 0.4) is 0 Å². The summed E-state index contributed by atoms with van der Waals surface area (Å²) in [5.41, 5.74) is 1.04. The number of thioether (sulfide) groups is 1. The normalized spacial score (nSPS) is 10.9. The maximum atomic E-state index is 13.6.